The largest absolute Gasteiger partial charge is 0.478 e. The van der Waals surface area contributed by atoms with Crippen LogP contribution in [-0.4, -0.2) is 22.1 Å². The molecule has 0 aliphatic carbocycles. The van der Waals surface area contributed by atoms with Crippen LogP contribution in [0.2, 0.25) is 0 Å². The van der Waals surface area contributed by atoms with E-state index in [1.165, 1.54) is 36.4 Å². The fourth-order valence-corrected chi connectivity index (χ4v) is 1.96. The number of nitrogens with one attached hydrogen (secondary N) is 1. The van der Waals surface area contributed by atoms with Crippen molar-refractivity contribution in [1.82, 2.24) is 0 Å². The summed E-state index contributed by atoms with van der Waals surface area (Å²) in [6.45, 7) is -0.279. The van der Waals surface area contributed by atoms with Gasteiger partial charge in [-0.05, 0) is 29.8 Å². The van der Waals surface area contributed by atoms with Gasteiger partial charge in [0.1, 0.15) is 0 Å². The lowest BCUT2D eigenvalue weighted by atomic mass is 10.1. The molecule has 22 heavy (non-hydrogen) atoms. The van der Waals surface area contributed by atoms with E-state index in [9.17, 15) is 9.59 Å². The maximum Gasteiger partial charge on any atom is 0.336 e. The monoisotopic (exact) mass is 296 g/mol. The Hall–Kier alpha value is -3.17. The predicted molar refractivity (Wildman–Crippen MR) is 78.4 cm³/mol. The molecule has 0 aliphatic rings. The molecule has 6 nitrogen and oxygen atoms in total. The van der Waals surface area contributed by atoms with E-state index >= 15 is 0 Å². The topological polar surface area (TPSA) is 110 Å². The highest BCUT2D eigenvalue weighted by atomic mass is 16.4. The van der Waals surface area contributed by atoms with Crippen molar-refractivity contribution in [2.45, 2.75) is 6.61 Å². The Balaban J connectivity index is 2.30. The molecule has 0 heterocycles. The van der Waals surface area contributed by atoms with E-state index in [0.717, 1.165) is 0 Å². The van der Waals surface area contributed by atoms with Gasteiger partial charge in [0.2, 0.25) is 0 Å². The zero-order chi connectivity index (χ0) is 16.1. The van der Waals surface area contributed by atoms with Crippen molar-refractivity contribution in [3.05, 3.63) is 64.7 Å². The maximum atomic E-state index is 12.2. The molecule has 0 aliphatic heterocycles. The van der Waals surface area contributed by atoms with Gasteiger partial charge in [-0.15, -0.1) is 0 Å². The lowest BCUT2D eigenvalue weighted by Crippen LogP contribution is -2.16. The van der Waals surface area contributed by atoms with Crippen LogP contribution in [0.3, 0.4) is 0 Å². The third kappa shape index (κ3) is 3.11. The second-order valence-corrected chi connectivity index (χ2v) is 4.45. The van der Waals surface area contributed by atoms with Gasteiger partial charge < -0.3 is 15.5 Å². The summed E-state index contributed by atoms with van der Waals surface area (Å²) < 4.78 is 0. The van der Waals surface area contributed by atoms with Crippen LogP contribution in [0.5, 0.6) is 0 Å². The normalized spacial score (nSPS) is 9.82. The van der Waals surface area contributed by atoms with Crippen LogP contribution < -0.4 is 5.32 Å². The third-order valence-corrected chi connectivity index (χ3v) is 3.06. The number of carbonyl (C=O) groups is 2. The number of amides is 1. The smallest absolute Gasteiger partial charge is 0.336 e. The van der Waals surface area contributed by atoms with Crippen LogP contribution in [0.15, 0.2) is 42.5 Å². The molecule has 1 amide bonds. The molecule has 110 valence electrons. The third-order valence-electron chi connectivity index (χ3n) is 3.06. The molecule has 0 saturated heterocycles. The highest BCUT2D eigenvalue weighted by molar-refractivity contribution is 6.10. The van der Waals surface area contributed by atoms with Crippen molar-refractivity contribution in [1.29, 1.82) is 5.26 Å². The fourth-order valence-electron chi connectivity index (χ4n) is 1.96. The van der Waals surface area contributed by atoms with Crippen LogP contribution in [0.4, 0.5) is 5.69 Å². The number of rotatable bonds is 4. The number of nitrogens with zero attached hydrogens (tertiary/aromatic N) is 1. The van der Waals surface area contributed by atoms with Crippen molar-refractivity contribution in [3.63, 3.8) is 0 Å². The SMILES string of the molecule is N#Cc1cc(NC(=O)c2ccccc2C(=O)O)ccc1CO. The standard InChI is InChI=1S/C16H12N2O4/c17-8-11-7-12(6-5-10(11)9-19)18-15(20)13-3-1-2-4-14(13)16(21)22/h1-7,19H,9H2,(H,18,20)(H,21,22). The number of nitriles is 1. The maximum absolute atomic E-state index is 12.2. The molecule has 3 N–H and O–H groups in total. The van der Waals surface area contributed by atoms with Gasteiger partial charge in [-0.2, -0.15) is 5.26 Å². The lowest BCUT2D eigenvalue weighted by Gasteiger charge is -2.09. The highest BCUT2D eigenvalue weighted by Gasteiger charge is 2.16. The molecule has 0 fully saturated rings. The first-order valence-electron chi connectivity index (χ1n) is 6.34. The summed E-state index contributed by atoms with van der Waals surface area (Å²) in [6.07, 6.45) is 0. The molecular formula is C16H12N2O4. The Morgan fingerprint density at radius 2 is 1.82 bits per heavy atom. The van der Waals surface area contributed by atoms with Gasteiger partial charge in [-0.25, -0.2) is 4.79 Å². The summed E-state index contributed by atoms with van der Waals surface area (Å²) in [5.41, 5.74) is 0.962. The molecule has 0 saturated carbocycles. The first kappa shape index (κ1) is 15.2. The van der Waals surface area contributed by atoms with Crippen LogP contribution in [-0.2, 0) is 6.61 Å². The quantitative estimate of drug-likeness (QED) is 0.799. The number of carboxylic acids is 1. The van der Waals surface area contributed by atoms with Gasteiger partial charge >= 0.3 is 5.97 Å². The van der Waals surface area contributed by atoms with Crippen molar-refractivity contribution in [3.8, 4) is 6.07 Å². The Kier molecular flexibility index (Phi) is 4.51. The van der Waals surface area contributed by atoms with Crippen molar-refractivity contribution in [2.24, 2.45) is 0 Å². The first-order valence-corrected chi connectivity index (χ1v) is 6.34. The van der Waals surface area contributed by atoms with E-state index in [4.69, 9.17) is 15.5 Å². The van der Waals surface area contributed by atoms with Crippen LogP contribution in [0.1, 0.15) is 31.8 Å². The summed E-state index contributed by atoms with van der Waals surface area (Å²) in [7, 11) is 0. The minimum absolute atomic E-state index is 0.0275. The molecule has 0 bridgehead atoms. The number of carboxylic acid groups (broad SMARTS) is 1. The molecular weight excluding hydrogens is 284 g/mol. The number of hydrogen-bond acceptors (Lipinski definition) is 4. The van der Waals surface area contributed by atoms with Gasteiger partial charge in [0.15, 0.2) is 0 Å². The van der Waals surface area contributed by atoms with Gasteiger partial charge in [0.25, 0.3) is 5.91 Å². The zero-order valence-electron chi connectivity index (χ0n) is 11.4. The molecule has 0 spiro atoms. The second kappa shape index (κ2) is 6.52. The molecule has 0 unspecified atom stereocenters. The van der Waals surface area contributed by atoms with E-state index in [1.54, 1.807) is 6.07 Å². The van der Waals surface area contributed by atoms with Crippen molar-refractivity contribution in [2.75, 3.05) is 5.32 Å². The average Bonchev–Trinajstić information content (AvgIpc) is 2.54. The minimum atomic E-state index is -1.20. The van der Waals surface area contributed by atoms with E-state index in [2.05, 4.69) is 5.32 Å². The molecule has 0 aromatic heterocycles. The minimum Gasteiger partial charge on any atom is -0.478 e. The Labute approximate surface area is 126 Å². The van der Waals surface area contributed by atoms with Crippen molar-refractivity contribution < 1.29 is 19.8 Å². The van der Waals surface area contributed by atoms with Crippen LogP contribution >= 0.6 is 0 Å². The molecule has 0 atom stereocenters. The fraction of sp³-hybridized carbons (Fsp3) is 0.0625. The molecule has 2 aromatic carbocycles. The van der Waals surface area contributed by atoms with Gasteiger partial charge in [-0.1, -0.05) is 18.2 Å². The lowest BCUT2D eigenvalue weighted by molar-refractivity contribution is 0.0692. The number of aromatic carboxylic acids is 1. The van der Waals surface area contributed by atoms with Gasteiger partial charge in [0, 0.05) is 5.69 Å². The Bertz CT molecular complexity index is 778. The molecule has 2 rings (SSSR count). The van der Waals surface area contributed by atoms with E-state index in [-0.39, 0.29) is 23.3 Å². The highest BCUT2D eigenvalue weighted by Crippen LogP contribution is 2.17. The number of aliphatic hydroxyl groups excluding tert-OH is 1. The first-order chi connectivity index (χ1) is 10.6. The van der Waals surface area contributed by atoms with Crippen molar-refractivity contribution >= 4 is 17.6 Å². The predicted octanol–water partition coefficient (Wildman–Crippen LogP) is 2.00. The number of anilines is 1. The Morgan fingerprint density at radius 1 is 1.14 bits per heavy atom. The van der Waals surface area contributed by atoms with Gasteiger partial charge in [-0.3, -0.25) is 4.79 Å². The summed E-state index contributed by atoms with van der Waals surface area (Å²) >= 11 is 0. The number of hydrogen-bond donors (Lipinski definition) is 3. The summed E-state index contributed by atoms with van der Waals surface area (Å²) in [6, 6.07) is 12.3. The van der Waals surface area contributed by atoms with E-state index in [1.807, 2.05) is 6.07 Å². The van der Waals surface area contributed by atoms with E-state index in [0.29, 0.717) is 11.3 Å². The number of aliphatic hydroxyl groups is 1. The zero-order valence-corrected chi connectivity index (χ0v) is 11.4. The number of carbonyl (C=O) groups excluding carboxylic acids is 1. The average molecular weight is 296 g/mol. The molecule has 6 heteroatoms. The second-order valence-electron chi connectivity index (χ2n) is 4.45. The Morgan fingerprint density at radius 3 is 2.41 bits per heavy atom. The van der Waals surface area contributed by atoms with Crippen LogP contribution in [0, 0.1) is 11.3 Å². The van der Waals surface area contributed by atoms with Gasteiger partial charge in [0.05, 0.1) is 29.4 Å². The molecule has 2 aromatic rings. The summed E-state index contributed by atoms with van der Waals surface area (Å²) in [5, 5.41) is 29.7. The summed E-state index contributed by atoms with van der Waals surface area (Å²) in [4.78, 5) is 23.3. The molecule has 0 radical (unpaired) electrons. The van der Waals surface area contributed by atoms with Crippen LogP contribution in [0.25, 0.3) is 0 Å². The van der Waals surface area contributed by atoms with E-state index < -0.39 is 11.9 Å². The number of benzene rings is 2. The summed E-state index contributed by atoms with van der Waals surface area (Å²) in [5.74, 6) is -1.78.